The first-order valence-corrected chi connectivity index (χ1v) is 5.89. The average molecular weight is 303 g/mol. The Morgan fingerprint density at radius 2 is 2.25 bits per heavy atom. The van der Waals surface area contributed by atoms with Crippen molar-refractivity contribution in [2.24, 2.45) is 0 Å². The number of H-pyrrole nitrogens is 1. The fourth-order valence-corrected chi connectivity index (χ4v) is 1.37. The van der Waals surface area contributed by atoms with Crippen LogP contribution in [0.1, 0.15) is 35.9 Å². The summed E-state index contributed by atoms with van der Waals surface area (Å²) >= 11 is 0. The third kappa shape index (κ3) is 3.70. The Labute approximate surface area is 121 Å². The smallest absolute Gasteiger partial charge is 0.345 e. The summed E-state index contributed by atoms with van der Waals surface area (Å²) < 4.78 is 15.2. The Bertz CT molecular complexity index is 554. The molecule has 1 N–H and O–H groups in total. The Balaban J connectivity index is 0.00000200. The van der Waals surface area contributed by atoms with Gasteiger partial charge in [0.25, 0.3) is 0 Å². The molecule has 0 aliphatic heterocycles. The number of ether oxygens (including phenoxy) is 2. The largest absolute Gasteiger partial charge is 0.469 e. The van der Waals surface area contributed by atoms with E-state index < -0.39 is 5.97 Å². The second-order valence-electron chi connectivity index (χ2n) is 3.58. The van der Waals surface area contributed by atoms with Crippen molar-refractivity contribution >= 4 is 18.4 Å². The van der Waals surface area contributed by atoms with Crippen LogP contribution in [0, 0.1) is 0 Å². The van der Waals surface area contributed by atoms with Crippen LogP contribution in [0.5, 0.6) is 5.88 Å². The zero-order chi connectivity index (χ0) is 13.7. The van der Waals surface area contributed by atoms with E-state index in [-0.39, 0.29) is 37.1 Å². The van der Waals surface area contributed by atoms with Gasteiger partial charge in [0.15, 0.2) is 6.61 Å². The number of esters is 1. The number of carbonyl (C=O) groups excluding carboxylic acids is 1. The van der Waals surface area contributed by atoms with Crippen LogP contribution in [-0.2, 0) is 17.8 Å². The molecule has 20 heavy (non-hydrogen) atoms. The molecule has 0 aliphatic carbocycles. The van der Waals surface area contributed by atoms with Crippen molar-refractivity contribution in [3.63, 3.8) is 0 Å². The molecule has 2 aromatic heterocycles. The first-order chi connectivity index (χ1) is 9.24. The van der Waals surface area contributed by atoms with Crippen molar-refractivity contribution in [3.05, 3.63) is 23.5 Å². The molecule has 0 atom stereocenters. The maximum absolute atomic E-state index is 11.6. The second kappa shape index (κ2) is 7.49. The zero-order valence-corrected chi connectivity index (χ0v) is 11.9. The molecule has 9 heteroatoms. The Kier molecular flexibility index (Phi) is 5.98. The lowest BCUT2D eigenvalue weighted by Crippen LogP contribution is -2.07. The van der Waals surface area contributed by atoms with Gasteiger partial charge in [0, 0.05) is 6.42 Å². The zero-order valence-electron chi connectivity index (χ0n) is 11.1. The van der Waals surface area contributed by atoms with E-state index in [2.05, 4.69) is 20.3 Å². The van der Waals surface area contributed by atoms with Crippen LogP contribution in [0.4, 0.5) is 0 Å². The molecule has 0 unspecified atom stereocenters. The SMILES string of the molecule is CCOC(=O)c1cn[nH]c1OCc1noc(CC)n1.Cl. The van der Waals surface area contributed by atoms with Crippen LogP contribution < -0.4 is 4.74 Å². The van der Waals surface area contributed by atoms with Crippen LogP contribution in [0.2, 0.25) is 0 Å². The van der Waals surface area contributed by atoms with Gasteiger partial charge in [-0.05, 0) is 6.92 Å². The standard InChI is InChI=1S/C11H14N4O4.ClH/c1-3-9-13-8(15-19-9)6-18-10-7(5-12-14-10)11(16)17-4-2;/h5H,3-4,6H2,1-2H3,(H,12,14);1H. The molecular formula is C11H15ClN4O4. The number of rotatable bonds is 6. The predicted octanol–water partition coefficient (Wildman–Crippen LogP) is 1.53. The number of aryl methyl sites for hydroxylation is 1. The van der Waals surface area contributed by atoms with E-state index in [1.807, 2.05) is 6.92 Å². The average Bonchev–Trinajstić information content (AvgIpc) is 3.05. The number of carbonyl (C=O) groups is 1. The highest BCUT2D eigenvalue weighted by Crippen LogP contribution is 2.16. The van der Waals surface area contributed by atoms with Gasteiger partial charge < -0.3 is 14.0 Å². The van der Waals surface area contributed by atoms with Gasteiger partial charge in [-0.15, -0.1) is 12.4 Å². The number of nitrogens with one attached hydrogen (secondary N) is 1. The second-order valence-corrected chi connectivity index (χ2v) is 3.58. The maximum atomic E-state index is 11.6. The number of halogens is 1. The Morgan fingerprint density at radius 3 is 2.90 bits per heavy atom. The lowest BCUT2D eigenvalue weighted by Gasteiger charge is -2.03. The van der Waals surface area contributed by atoms with Crippen LogP contribution in [-0.4, -0.2) is 32.9 Å². The van der Waals surface area contributed by atoms with E-state index in [1.54, 1.807) is 6.92 Å². The summed E-state index contributed by atoms with van der Waals surface area (Å²) in [6, 6.07) is 0. The van der Waals surface area contributed by atoms with Crippen LogP contribution in [0.3, 0.4) is 0 Å². The Morgan fingerprint density at radius 1 is 1.45 bits per heavy atom. The molecule has 0 saturated heterocycles. The molecule has 2 aromatic rings. The highest BCUT2D eigenvalue weighted by molar-refractivity contribution is 5.91. The predicted molar refractivity (Wildman–Crippen MR) is 69.8 cm³/mol. The molecule has 8 nitrogen and oxygen atoms in total. The number of hydrogen-bond acceptors (Lipinski definition) is 7. The molecule has 2 rings (SSSR count). The summed E-state index contributed by atoms with van der Waals surface area (Å²) in [5, 5.41) is 10.1. The highest BCUT2D eigenvalue weighted by Gasteiger charge is 2.17. The molecular weight excluding hydrogens is 288 g/mol. The topological polar surface area (TPSA) is 103 Å². The van der Waals surface area contributed by atoms with Crippen molar-refractivity contribution in [1.29, 1.82) is 0 Å². The highest BCUT2D eigenvalue weighted by atomic mass is 35.5. The van der Waals surface area contributed by atoms with Gasteiger partial charge in [0.2, 0.25) is 17.6 Å². The van der Waals surface area contributed by atoms with Gasteiger partial charge in [0.05, 0.1) is 12.8 Å². The molecule has 0 saturated carbocycles. The lowest BCUT2D eigenvalue weighted by atomic mass is 10.3. The lowest BCUT2D eigenvalue weighted by molar-refractivity contribution is 0.0521. The van der Waals surface area contributed by atoms with Crippen molar-refractivity contribution in [2.75, 3.05) is 6.61 Å². The first-order valence-electron chi connectivity index (χ1n) is 5.89. The van der Waals surface area contributed by atoms with E-state index in [0.29, 0.717) is 18.1 Å². The summed E-state index contributed by atoms with van der Waals surface area (Å²) in [6.45, 7) is 4.00. The van der Waals surface area contributed by atoms with Gasteiger partial charge in [-0.3, -0.25) is 0 Å². The van der Waals surface area contributed by atoms with Crippen molar-refractivity contribution < 1.29 is 18.8 Å². The summed E-state index contributed by atoms with van der Waals surface area (Å²) in [5.41, 5.74) is 0.237. The normalized spacial score (nSPS) is 9.90. The summed E-state index contributed by atoms with van der Waals surface area (Å²) in [6.07, 6.45) is 2.01. The fourth-order valence-electron chi connectivity index (χ4n) is 1.37. The monoisotopic (exact) mass is 302 g/mol. The maximum Gasteiger partial charge on any atom is 0.345 e. The Hall–Kier alpha value is -2.09. The summed E-state index contributed by atoms with van der Waals surface area (Å²) in [7, 11) is 0. The number of aromatic nitrogens is 4. The van der Waals surface area contributed by atoms with E-state index >= 15 is 0 Å². The first kappa shape index (κ1) is 16.0. The van der Waals surface area contributed by atoms with Crippen molar-refractivity contribution in [3.8, 4) is 5.88 Å². The molecule has 0 aliphatic rings. The van der Waals surface area contributed by atoms with Crippen LogP contribution >= 0.6 is 12.4 Å². The molecule has 0 bridgehead atoms. The molecule has 110 valence electrons. The molecule has 0 aromatic carbocycles. The molecule has 0 fully saturated rings. The fraction of sp³-hybridized carbons (Fsp3) is 0.455. The summed E-state index contributed by atoms with van der Waals surface area (Å²) in [4.78, 5) is 15.7. The van der Waals surface area contributed by atoms with Crippen molar-refractivity contribution in [2.45, 2.75) is 26.9 Å². The number of aromatic amines is 1. The third-order valence-corrected chi connectivity index (χ3v) is 2.26. The molecule has 2 heterocycles. The number of nitrogens with zero attached hydrogens (tertiary/aromatic N) is 3. The minimum atomic E-state index is -0.492. The van der Waals surface area contributed by atoms with Crippen LogP contribution in [0.25, 0.3) is 0 Å². The van der Waals surface area contributed by atoms with Gasteiger partial charge in [-0.2, -0.15) is 10.1 Å². The van der Waals surface area contributed by atoms with E-state index in [1.165, 1.54) is 6.20 Å². The van der Waals surface area contributed by atoms with Crippen LogP contribution in [0.15, 0.2) is 10.7 Å². The van der Waals surface area contributed by atoms with Gasteiger partial charge in [0.1, 0.15) is 5.56 Å². The molecule has 0 spiro atoms. The van der Waals surface area contributed by atoms with E-state index in [9.17, 15) is 4.79 Å². The minimum Gasteiger partial charge on any atom is -0.469 e. The van der Waals surface area contributed by atoms with E-state index in [0.717, 1.165) is 0 Å². The van der Waals surface area contributed by atoms with Gasteiger partial charge in [-0.1, -0.05) is 12.1 Å². The quantitative estimate of drug-likeness (QED) is 0.807. The molecule has 0 radical (unpaired) electrons. The number of hydrogen-bond donors (Lipinski definition) is 1. The third-order valence-electron chi connectivity index (χ3n) is 2.26. The minimum absolute atomic E-state index is 0. The summed E-state index contributed by atoms with van der Waals surface area (Å²) in [5.74, 6) is 0.671. The van der Waals surface area contributed by atoms with Gasteiger partial charge >= 0.3 is 5.97 Å². The van der Waals surface area contributed by atoms with Crippen molar-refractivity contribution in [1.82, 2.24) is 20.3 Å². The van der Waals surface area contributed by atoms with Gasteiger partial charge in [-0.25, -0.2) is 9.89 Å². The van der Waals surface area contributed by atoms with E-state index in [4.69, 9.17) is 14.0 Å². The molecule has 0 amide bonds.